The molecule has 0 amide bonds. The number of aliphatic imine (C=N–C) groups is 1. The molecule has 3 rings (SSSR count). The van der Waals surface area contributed by atoms with Gasteiger partial charge in [-0.3, -0.25) is 4.79 Å². The first-order chi connectivity index (χ1) is 13.0. The topological polar surface area (TPSA) is 47.9 Å². The minimum atomic E-state index is -0.116. The molecule has 2 aromatic rings. The second-order valence-electron chi connectivity index (χ2n) is 5.44. The molecule has 0 N–H and O–H groups in total. The fourth-order valence-electron chi connectivity index (χ4n) is 2.39. The maximum Gasteiger partial charge on any atom is 0.244 e. The summed E-state index contributed by atoms with van der Waals surface area (Å²) in [6.07, 6.45) is 1.67. The van der Waals surface area contributed by atoms with Crippen molar-refractivity contribution in [3.8, 4) is 11.5 Å². The summed E-state index contributed by atoms with van der Waals surface area (Å²) in [5.74, 6) is 1.71. The molecule has 0 saturated heterocycles. The molecular weight excluding hydrogens is 425 g/mol. The summed E-state index contributed by atoms with van der Waals surface area (Å²) in [6.45, 7) is 0. The molecule has 0 spiro atoms. The van der Waals surface area contributed by atoms with Gasteiger partial charge in [-0.05, 0) is 41.6 Å². The Kier molecular flexibility index (Phi) is 6.76. The van der Waals surface area contributed by atoms with Crippen molar-refractivity contribution in [2.75, 3.05) is 14.2 Å². The Morgan fingerprint density at radius 3 is 2.52 bits per heavy atom. The zero-order valence-corrected chi connectivity index (χ0v) is 17.6. The lowest BCUT2D eigenvalue weighted by molar-refractivity contribution is -0.107. The van der Waals surface area contributed by atoms with Gasteiger partial charge in [0.05, 0.1) is 14.2 Å². The van der Waals surface area contributed by atoms with Crippen LogP contribution in [-0.2, 0) is 10.5 Å². The Labute approximate surface area is 175 Å². The number of carbonyl (C=O) groups excluding carboxylic acids is 1. The second kappa shape index (κ2) is 9.06. The predicted molar refractivity (Wildman–Crippen MR) is 115 cm³/mol. The van der Waals surface area contributed by atoms with Gasteiger partial charge in [-0.1, -0.05) is 47.1 Å². The highest BCUT2D eigenvalue weighted by Gasteiger charge is 2.23. The van der Waals surface area contributed by atoms with Crippen LogP contribution in [0.2, 0.25) is 10.0 Å². The zero-order chi connectivity index (χ0) is 19.4. The summed E-state index contributed by atoms with van der Waals surface area (Å²) in [4.78, 5) is 16.8. The molecule has 0 unspecified atom stereocenters. The third kappa shape index (κ3) is 5.02. The molecule has 0 aliphatic carbocycles. The molecule has 1 heterocycles. The smallest absolute Gasteiger partial charge is 0.244 e. The van der Waals surface area contributed by atoms with Crippen LogP contribution in [0, 0.1) is 0 Å². The van der Waals surface area contributed by atoms with E-state index in [0.717, 1.165) is 17.3 Å². The van der Waals surface area contributed by atoms with E-state index in [9.17, 15) is 4.79 Å². The number of hydrogen-bond acceptors (Lipinski definition) is 6. The minimum Gasteiger partial charge on any atom is -0.493 e. The van der Waals surface area contributed by atoms with E-state index >= 15 is 0 Å². The monoisotopic (exact) mass is 439 g/mol. The van der Waals surface area contributed by atoms with Crippen molar-refractivity contribution in [3.05, 3.63) is 63.3 Å². The van der Waals surface area contributed by atoms with E-state index < -0.39 is 0 Å². The van der Waals surface area contributed by atoms with Crippen molar-refractivity contribution in [2.45, 2.75) is 5.75 Å². The third-order valence-corrected chi connectivity index (χ3v) is 6.19. The van der Waals surface area contributed by atoms with Crippen LogP contribution < -0.4 is 9.47 Å². The van der Waals surface area contributed by atoms with Gasteiger partial charge < -0.3 is 9.47 Å². The van der Waals surface area contributed by atoms with Gasteiger partial charge in [-0.25, -0.2) is 4.99 Å². The van der Waals surface area contributed by atoms with E-state index in [1.54, 1.807) is 18.2 Å². The summed E-state index contributed by atoms with van der Waals surface area (Å²) in [7, 11) is 3.07. The van der Waals surface area contributed by atoms with Crippen LogP contribution in [0.1, 0.15) is 11.1 Å². The zero-order valence-electron chi connectivity index (χ0n) is 14.5. The van der Waals surface area contributed by atoms with Crippen molar-refractivity contribution in [3.63, 3.8) is 0 Å². The quantitative estimate of drug-likeness (QED) is 0.541. The van der Waals surface area contributed by atoms with E-state index in [0.29, 0.717) is 42.9 Å². The molecule has 0 fully saturated rings. The van der Waals surface area contributed by atoms with Crippen molar-refractivity contribution in [2.24, 2.45) is 4.99 Å². The fourth-order valence-corrected chi connectivity index (χ4v) is 4.53. The van der Waals surface area contributed by atoms with Crippen molar-refractivity contribution >= 4 is 62.3 Å². The average molecular weight is 440 g/mol. The van der Waals surface area contributed by atoms with Crippen molar-refractivity contribution in [1.29, 1.82) is 0 Å². The number of carbonyl (C=O) groups is 1. The Balaban J connectivity index is 1.81. The fraction of sp³-hybridized carbons (Fsp3) is 0.158. The van der Waals surface area contributed by atoms with Gasteiger partial charge in [0.15, 0.2) is 11.5 Å². The first-order valence-corrected chi connectivity index (χ1v) is 10.4. The normalized spacial score (nSPS) is 15.2. The molecule has 0 saturated carbocycles. The van der Waals surface area contributed by atoms with E-state index in [1.807, 2.05) is 24.3 Å². The van der Waals surface area contributed by atoms with Crippen LogP contribution in [0.4, 0.5) is 0 Å². The predicted octanol–water partition coefficient (Wildman–Crippen LogP) is 5.91. The lowest BCUT2D eigenvalue weighted by atomic mass is 10.1. The highest BCUT2D eigenvalue weighted by Crippen LogP contribution is 2.38. The molecule has 4 nitrogen and oxygen atoms in total. The SMILES string of the molecule is COc1cc(Cl)cc(C=C2N=C(SCc3ccc(Cl)cc3)SC2=O)c1OC. The third-order valence-electron chi connectivity index (χ3n) is 3.64. The minimum absolute atomic E-state index is 0.116. The average Bonchev–Trinajstić information content (AvgIpc) is 3.00. The van der Waals surface area contributed by atoms with Crippen LogP contribution >= 0.6 is 46.7 Å². The van der Waals surface area contributed by atoms with Crippen LogP contribution in [-0.4, -0.2) is 23.7 Å². The number of ether oxygens (including phenoxy) is 2. The van der Waals surface area contributed by atoms with Gasteiger partial charge in [0.1, 0.15) is 10.1 Å². The molecule has 1 aliphatic heterocycles. The highest BCUT2D eigenvalue weighted by molar-refractivity contribution is 8.45. The molecule has 0 bridgehead atoms. The second-order valence-corrected chi connectivity index (χ2v) is 8.50. The molecule has 2 aromatic carbocycles. The summed E-state index contributed by atoms with van der Waals surface area (Å²) >= 11 is 14.7. The molecule has 140 valence electrons. The molecule has 27 heavy (non-hydrogen) atoms. The van der Waals surface area contributed by atoms with Crippen LogP contribution in [0.25, 0.3) is 6.08 Å². The largest absolute Gasteiger partial charge is 0.493 e. The van der Waals surface area contributed by atoms with Gasteiger partial charge in [0, 0.05) is 27.4 Å². The number of nitrogens with zero attached hydrogens (tertiary/aromatic N) is 1. The first kappa shape index (κ1) is 20.1. The Morgan fingerprint density at radius 2 is 1.85 bits per heavy atom. The lowest BCUT2D eigenvalue weighted by Gasteiger charge is -2.11. The summed E-state index contributed by atoms with van der Waals surface area (Å²) in [6, 6.07) is 11.0. The maximum atomic E-state index is 12.3. The van der Waals surface area contributed by atoms with Crippen LogP contribution in [0.5, 0.6) is 11.5 Å². The Morgan fingerprint density at radius 1 is 1.11 bits per heavy atom. The van der Waals surface area contributed by atoms with Gasteiger partial charge >= 0.3 is 0 Å². The summed E-state index contributed by atoms with van der Waals surface area (Å²) in [5.41, 5.74) is 2.10. The van der Waals surface area contributed by atoms with Gasteiger partial charge in [0.2, 0.25) is 5.12 Å². The maximum absolute atomic E-state index is 12.3. The number of rotatable bonds is 5. The van der Waals surface area contributed by atoms with Crippen molar-refractivity contribution < 1.29 is 14.3 Å². The molecule has 1 aliphatic rings. The molecule has 8 heteroatoms. The van der Waals surface area contributed by atoms with Crippen molar-refractivity contribution in [1.82, 2.24) is 0 Å². The van der Waals surface area contributed by atoms with Gasteiger partial charge in [0.25, 0.3) is 0 Å². The van der Waals surface area contributed by atoms with E-state index in [-0.39, 0.29) is 5.12 Å². The van der Waals surface area contributed by atoms with E-state index in [2.05, 4.69) is 4.99 Å². The number of thioether (sulfide) groups is 2. The molecule has 0 atom stereocenters. The van der Waals surface area contributed by atoms with Crippen LogP contribution in [0.3, 0.4) is 0 Å². The molecule has 0 aromatic heterocycles. The lowest BCUT2D eigenvalue weighted by Crippen LogP contribution is -1.95. The highest BCUT2D eigenvalue weighted by atomic mass is 35.5. The number of hydrogen-bond donors (Lipinski definition) is 0. The molecular formula is C19H15Cl2NO3S2. The summed E-state index contributed by atoms with van der Waals surface area (Å²) in [5, 5.41) is 1.07. The standard InChI is InChI=1S/C19H15Cl2NO3S2/c1-24-16-9-14(21)7-12(17(16)25-2)8-15-18(23)27-19(22-15)26-10-11-3-5-13(20)6-4-11/h3-9H,10H2,1-2H3. The summed E-state index contributed by atoms with van der Waals surface area (Å²) < 4.78 is 11.4. The van der Waals surface area contributed by atoms with E-state index in [4.69, 9.17) is 32.7 Å². The Bertz CT molecular complexity index is 927. The number of halogens is 2. The Hall–Kier alpha value is -1.60. The van der Waals surface area contributed by atoms with E-state index in [1.165, 1.54) is 26.0 Å². The van der Waals surface area contributed by atoms with Gasteiger partial charge in [-0.15, -0.1) is 0 Å². The van der Waals surface area contributed by atoms with Crippen LogP contribution in [0.15, 0.2) is 47.1 Å². The van der Waals surface area contributed by atoms with Gasteiger partial charge in [-0.2, -0.15) is 0 Å². The number of benzene rings is 2. The molecule has 0 radical (unpaired) electrons. The number of methoxy groups -OCH3 is 2. The first-order valence-electron chi connectivity index (χ1n) is 7.81.